The van der Waals surface area contributed by atoms with Gasteiger partial charge >= 0.3 is 6.36 Å². The second kappa shape index (κ2) is 6.25. The first-order chi connectivity index (χ1) is 9.76. The number of para-hydroxylation sites is 1. The van der Waals surface area contributed by atoms with E-state index in [1.165, 1.54) is 18.2 Å². The van der Waals surface area contributed by atoms with Crippen molar-refractivity contribution in [1.82, 2.24) is 0 Å². The van der Waals surface area contributed by atoms with Crippen LogP contribution in [0.3, 0.4) is 0 Å². The van der Waals surface area contributed by atoms with Gasteiger partial charge in [0.1, 0.15) is 5.75 Å². The number of ether oxygens (including phenoxy) is 1. The highest BCUT2D eigenvalue weighted by molar-refractivity contribution is 9.10. The van der Waals surface area contributed by atoms with Crippen molar-refractivity contribution >= 4 is 27.5 Å². The lowest BCUT2D eigenvalue weighted by Crippen LogP contribution is -2.20. The molecule has 112 valence electrons. The van der Waals surface area contributed by atoms with Crippen molar-refractivity contribution < 1.29 is 17.9 Å². The van der Waals surface area contributed by atoms with Crippen LogP contribution in [-0.2, 0) is 0 Å². The van der Waals surface area contributed by atoms with Crippen molar-refractivity contribution in [2.45, 2.75) is 12.4 Å². The summed E-state index contributed by atoms with van der Waals surface area (Å²) >= 11 is 9.20. The zero-order valence-corrected chi connectivity index (χ0v) is 12.8. The Kier molecular flexibility index (Phi) is 4.81. The van der Waals surface area contributed by atoms with E-state index in [0.29, 0.717) is 15.1 Å². The Morgan fingerprint density at radius 1 is 1.14 bits per heavy atom. The molecule has 2 aromatic rings. The van der Waals surface area contributed by atoms with Crippen LogP contribution in [0.15, 0.2) is 46.9 Å². The Hall–Kier alpha value is -1.24. The van der Waals surface area contributed by atoms with E-state index >= 15 is 0 Å². The normalized spacial score (nSPS) is 13.0. The second-order valence-corrected chi connectivity index (χ2v) is 5.62. The summed E-state index contributed by atoms with van der Waals surface area (Å²) in [6, 6.07) is 9.92. The topological polar surface area (TPSA) is 35.2 Å². The monoisotopic (exact) mass is 379 g/mol. The van der Waals surface area contributed by atoms with E-state index < -0.39 is 12.4 Å². The smallest absolute Gasteiger partial charge is 0.405 e. The molecule has 0 aliphatic heterocycles. The first-order valence-corrected chi connectivity index (χ1v) is 6.99. The average molecular weight is 381 g/mol. The molecule has 0 aliphatic rings. The van der Waals surface area contributed by atoms with Crippen molar-refractivity contribution in [3.8, 4) is 5.75 Å². The summed E-state index contributed by atoms with van der Waals surface area (Å²) < 4.78 is 42.0. The number of nitrogens with two attached hydrogens (primary N) is 1. The van der Waals surface area contributed by atoms with Crippen molar-refractivity contribution in [3.05, 3.63) is 63.1 Å². The maximum absolute atomic E-state index is 12.4. The van der Waals surface area contributed by atoms with Crippen LogP contribution in [0.5, 0.6) is 5.75 Å². The Morgan fingerprint density at radius 3 is 2.43 bits per heavy atom. The molecular weight excluding hydrogens is 371 g/mol. The zero-order chi connectivity index (χ0) is 15.6. The molecule has 0 bridgehead atoms. The molecule has 0 saturated heterocycles. The van der Waals surface area contributed by atoms with Crippen LogP contribution in [-0.4, -0.2) is 6.36 Å². The molecule has 2 nitrogen and oxygen atoms in total. The highest BCUT2D eigenvalue weighted by atomic mass is 79.9. The quantitative estimate of drug-likeness (QED) is 0.809. The SMILES string of the molecule is NC(c1cc(Cl)cc(Br)c1)c1ccccc1OC(F)(F)F. The van der Waals surface area contributed by atoms with Crippen LogP contribution in [0.2, 0.25) is 5.02 Å². The van der Waals surface area contributed by atoms with E-state index in [9.17, 15) is 13.2 Å². The molecular formula is C14H10BrClF3NO. The second-order valence-electron chi connectivity index (χ2n) is 4.27. The van der Waals surface area contributed by atoms with Crippen molar-refractivity contribution in [2.75, 3.05) is 0 Å². The summed E-state index contributed by atoms with van der Waals surface area (Å²) in [6.07, 6.45) is -4.77. The van der Waals surface area contributed by atoms with Gasteiger partial charge in [-0.25, -0.2) is 0 Å². The Bertz CT molecular complexity index is 628. The third-order valence-electron chi connectivity index (χ3n) is 2.72. The molecule has 7 heteroatoms. The highest BCUT2D eigenvalue weighted by Gasteiger charge is 2.32. The predicted molar refractivity (Wildman–Crippen MR) is 78.3 cm³/mol. The number of hydrogen-bond acceptors (Lipinski definition) is 2. The van der Waals surface area contributed by atoms with Crippen molar-refractivity contribution in [1.29, 1.82) is 0 Å². The van der Waals surface area contributed by atoms with Gasteiger partial charge in [-0.05, 0) is 29.8 Å². The first kappa shape index (κ1) is 16.1. The Balaban J connectivity index is 2.41. The van der Waals surface area contributed by atoms with Gasteiger partial charge in [0.2, 0.25) is 0 Å². The minimum absolute atomic E-state index is 0.226. The number of alkyl halides is 3. The minimum atomic E-state index is -4.77. The first-order valence-electron chi connectivity index (χ1n) is 5.82. The average Bonchev–Trinajstić information content (AvgIpc) is 2.35. The standard InChI is InChI=1S/C14H10BrClF3NO/c15-9-5-8(6-10(16)7-9)13(20)11-3-1-2-4-12(11)21-14(17,18)19/h1-7,13H,20H2. The van der Waals surface area contributed by atoms with Crippen LogP contribution in [0.25, 0.3) is 0 Å². The molecule has 2 aromatic carbocycles. The van der Waals surface area contributed by atoms with Gasteiger partial charge in [0, 0.05) is 15.1 Å². The van der Waals surface area contributed by atoms with Gasteiger partial charge in [0.05, 0.1) is 6.04 Å². The van der Waals surface area contributed by atoms with Gasteiger partial charge in [0.25, 0.3) is 0 Å². The molecule has 2 rings (SSSR count). The van der Waals surface area contributed by atoms with E-state index in [2.05, 4.69) is 20.7 Å². The molecule has 0 aromatic heterocycles. The Morgan fingerprint density at radius 2 is 1.81 bits per heavy atom. The van der Waals surface area contributed by atoms with E-state index in [4.69, 9.17) is 17.3 Å². The highest BCUT2D eigenvalue weighted by Crippen LogP contribution is 2.33. The van der Waals surface area contributed by atoms with Gasteiger partial charge in [0.15, 0.2) is 0 Å². The van der Waals surface area contributed by atoms with Crippen molar-refractivity contribution in [3.63, 3.8) is 0 Å². The molecule has 1 unspecified atom stereocenters. The van der Waals surface area contributed by atoms with Gasteiger partial charge in [-0.2, -0.15) is 0 Å². The third-order valence-corrected chi connectivity index (χ3v) is 3.40. The largest absolute Gasteiger partial charge is 0.573 e. The lowest BCUT2D eigenvalue weighted by atomic mass is 9.99. The lowest BCUT2D eigenvalue weighted by Gasteiger charge is -2.18. The minimum Gasteiger partial charge on any atom is -0.405 e. The summed E-state index contributed by atoms with van der Waals surface area (Å²) in [5.74, 6) is -0.325. The van der Waals surface area contributed by atoms with E-state index in [-0.39, 0.29) is 11.3 Å². The maximum Gasteiger partial charge on any atom is 0.573 e. The summed E-state index contributed by atoms with van der Waals surface area (Å²) in [5.41, 5.74) is 6.85. The van der Waals surface area contributed by atoms with E-state index in [1.807, 2.05) is 0 Å². The predicted octanol–water partition coefficient (Wildman–Crippen LogP) is 5.05. The Labute approximate surface area is 132 Å². The molecule has 0 heterocycles. The molecule has 0 saturated carbocycles. The number of halogens is 5. The lowest BCUT2D eigenvalue weighted by molar-refractivity contribution is -0.274. The fourth-order valence-electron chi connectivity index (χ4n) is 1.89. The fraction of sp³-hybridized carbons (Fsp3) is 0.143. The van der Waals surface area contributed by atoms with Gasteiger partial charge in [-0.1, -0.05) is 45.7 Å². The van der Waals surface area contributed by atoms with Gasteiger partial charge in [-0.15, -0.1) is 13.2 Å². The number of benzene rings is 2. The fourth-order valence-corrected chi connectivity index (χ4v) is 2.78. The molecule has 0 amide bonds. The van der Waals surface area contributed by atoms with E-state index in [1.54, 1.807) is 24.3 Å². The van der Waals surface area contributed by atoms with E-state index in [0.717, 1.165) is 0 Å². The van der Waals surface area contributed by atoms with Crippen LogP contribution < -0.4 is 10.5 Å². The van der Waals surface area contributed by atoms with Crippen LogP contribution in [0, 0.1) is 0 Å². The molecule has 0 aliphatic carbocycles. The van der Waals surface area contributed by atoms with Crippen LogP contribution in [0.1, 0.15) is 17.2 Å². The number of hydrogen-bond donors (Lipinski definition) is 1. The molecule has 0 radical (unpaired) electrons. The summed E-state index contributed by atoms with van der Waals surface area (Å²) in [4.78, 5) is 0. The molecule has 1 atom stereocenters. The molecule has 21 heavy (non-hydrogen) atoms. The molecule has 0 fully saturated rings. The number of rotatable bonds is 3. The van der Waals surface area contributed by atoms with Gasteiger partial charge in [-0.3, -0.25) is 0 Å². The summed E-state index contributed by atoms with van der Waals surface area (Å²) in [7, 11) is 0. The van der Waals surface area contributed by atoms with Crippen LogP contribution in [0.4, 0.5) is 13.2 Å². The maximum atomic E-state index is 12.4. The summed E-state index contributed by atoms with van der Waals surface area (Å²) in [5, 5.41) is 0.434. The molecule has 0 spiro atoms. The summed E-state index contributed by atoms with van der Waals surface area (Å²) in [6.45, 7) is 0. The van der Waals surface area contributed by atoms with Crippen LogP contribution >= 0.6 is 27.5 Å². The zero-order valence-electron chi connectivity index (χ0n) is 10.5. The van der Waals surface area contributed by atoms with Crippen molar-refractivity contribution in [2.24, 2.45) is 5.73 Å². The third kappa shape index (κ3) is 4.36. The van der Waals surface area contributed by atoms with Gasteiger partial charge < -0.3 is 10.5 Å². The molecule has 2 N–H and O–H groups in total.